The van der Waals surface area contributed by atoms with Gasteiger partial charge >= 0.3 is 6.03 Å². The molecule has 0 saturated carbocycles. The highest BCUT2D eigenvalue weighted by atomic mass is 19.1. The molecule has 1 atom stereocenters. The molecule has 6 nitrogen and oxygen atoms in total. The van der Waals surface area contributed by atoms with E-state index in [9.17, 15) is 9.18 Å². The van der Waals surface area contributed by atoms with Gasteiger partial charge in [-0.15, -0.1) is 0 Å². The molecule has 0 radical (unpaired) electrons. The van der Waals surface area contributed by atoms with E-state index in [-0.39, 0.29) is 11.8 Å². The van der Waals surface area contributed by atoms with Gasteiger partial charge in [-0.05, 0) is 31.4 Å². The molecule has 2 aromatic rings. The van der Waals surface area contributed by atoms with Crippen molar-refractivity contribution in [3.05, 3.63) is 48.3 Å². The highest BCUT2D eigenvalue weighted by Crippen LogP contribution is 2.25. The van der Waals surface area contributed by atoms with Crippen LogP contribution < -0.4 is 10.2 Å². The van der Waals surface area contributed by atoms with Crippen LogP contribution in [0.5, 0.6) is 0 Å². The van der Waals surface area contributed by atoms with Crippen molar-refractivity contribution in [2.45, 2.75) is 19.9 Å². The van der Waals surface area contributed by atoms with Crippen LogP contribution >= 0.6 is 0 Å². The summed E-state index contributed by atoms with van der Waals surface area (Å²) < 4.78 is 15.9. The molecule has 3 rings (SSSR count). The van der Waals surface area contributed by atoms with Crippen LogP contribution in [0, 0.1) is 18.7 Å². The summed E-state index contributed by atoms with van der Waals surface area (Å²) in [6.45, 7) is 5.48. The third kappa shape index (κ3) is 4.33. The predicted octanol–water partition coefficient (Wildman–Crippen LogP) is 2.50. The van der Waals surface area contributed by atoms with E-state index >= 15 is 0 Å². The number of nitrogens with zero attached hydrogens (tertiary/aromatic N) is 4. The van der Waals surface area contributed by atoms with Crippen LogP contribution in [0.2, 0.25) is 0 Å². The maximum atomic E-state index is 13.9. The Balaban J connectivity index is 1.42. The number of urea groups is 1. The zero-order valence-electron chi connectivity index (χ0n) is 15.4. The van der Waals surface area contributed by atoms with Gasteiger partial charge in [-0.3, -0.25) is 0 Å². The molecule has 140 valence electrons. The fourth-order valence-corrected chi connectivity index (χ4v) is 3.29. The van der Waals surface area contributed by atoms with Crippen LogP contribution in [0.4, 0.5) is 14.9 Å². The lowest BCUT2D eigenvalue weighted by atomic mass is 10.1. The molecule has 0 aliphatic carbocycles. The van der Waals surface area contributed by atoms with Gasteiger partial charge in [0, 0.05) is 52.2 Å². The molecular weight excluding hydrogens is 333 g/mol. The molecule has 0 unspecified atom stereocenters. The zero-order valence-corrected chi connectivity index (χ0v) is 15.4. The lowest BCUT2D eigenvalue weighted by molar-refractivity contribution is 0.205. The van der Waals surface area contributed by atoms with Gasteiger partial charge in [-0.1, -0.05) is 12.1 Å². The monoisotopic (exact) mass is 359 g/mol. The minimum atomic E-state index is -0.188. The van der Waals surface area contributed by atoms with Gasteiger partial charge in [-0.25, -0.2) is 14.2 Å². The summed E-state index contributed by atoms with van der Waals surface area (Å²) in [4.78, 5) is 20.2. The average molecular weight is 359 g/mol. The van der Waals surface area contributed by atoms with Gasteiger partial charge in [-0.2, -0.15) is 0 Å². The van der Waals surface area contributed by atoms with E-state index < -0.39 is 0 Å². The van der Waals surface area contributed by atoms with Gasteiger partial charge < -0.3 is 19.7 Å². The number of hydrogen-bond donors (Lipinski definition) is 1. The van der Waals surface area contributed by atoms with Crippen LogP contribution in [0.25, 0.3) is 0 Å². The fourth-order valence-electron chi connectivity index (χ4n) is 3.29. The molecule has 1 aliphatic rings. The van der Waals surface area contributed by atoms with Gasteiger partial charge in [0.1, 0.15) is 11.6 Å². The number of benzene rings is 1. The molecule has 1 saturated heterocycles. The number of nitrogens with one attached hydrogen (secondary N) is 1. The third-order valence-corrected chi connectivity index (χ3v) is 4.97. The van der Waals surface area contributed by atoms with Gasteiger partial charge in [0.05, 0.1) is 5.69 Å². The van der Waals surface area contributed by atoms with E-state index in [1.165, 1.54) is 6.07 Å². The number of carbonyl (C=O) groups is 1. The lowest BCUT2D eigenvalue weighted by Crippen LogP contribution is -2.41. The third-order valence-electron chi connectivity index (χ3n) is 4.97. The molecular formula is C19H26FN5O. The topological polar surface area (TPSA) is 53.4 Å². The summed E-state index contributed by atoms with van der Waals surface area (Å²) in [5, 5.41) is 3.00. The number of rotatable bonds is 6. The number of hydrogen-bond acceptors (Lipinski definition) is 3. The summed E-state index contributed by atoms with van der Waals surface area (Å²) in [5.41, 5.74) is 0.647. The average Bonchev–Trinajstić information content (AvgIpc) is 3.27. The van der Waals surface area contributed by atoms with Crippen molar-refractivity contribution < 1.29 is 9.18 Å². The van der Waals surface area contributed by atoms with Crippen LogP contribution in [0.1, 0.15) is 12.2 Å². The SMILES string of the molecule is Cc1nccn1CCN(C)C(=O)NC[C@@H]1CCN(c2ccccc2F)C1. The summed E-state index contributed by atoms with van der Waals surface area (Å²) in [6.07, 6.45) is 4.63. The lowest BCUT2D eigenvalue weighted by Gasteiger charge is -2.21. The van der Waals surface area contributed by atoms with Crippen molar-refractivity contribution in [2.24, 2.45) is 5.92 Å². The second-order valence-corrected chi connectivity index (χ2v) is 6.83. The standard InChI is InChI=1S/C19H26FN5O/c1-15-21-8-10-24(15)12-11-23(2)19(26)22-13-16-7-9-25(14-16)18-6-4-3-5-17(18)20/h3-6,8,10,16H,7,9,11-14H2,1-2H3,(H,22,26)/t16-/m0/s1. The molecule has 2 amide bonds. The molecule has 0 bridgehead atoms. The molecule has 1 aromatic heterocycles. The first-order valence-electron chi connectivity index (χ1n) is 9.01. The molecule has 1 aliphatic heterocycles. The number of halogens is 1. The Morgan fingerprint density at radius 3 is 2.96 bits per heavy atom. The zero-order chi connectivity index (χ0) is 18.5. The minimum Gasteiger partial charge on any atom is -0.369 e. The predicted molar refractivity (Wildman–Crippen MR) is 99.7 cm³/mol. The van der Waals surface area contributed by atoms with Gasteiger partial charge in [0.2, 0.25) is 0 Å². The Kier molecular flexibility index (Phi) is 5.75. The van der Waals surface area contributed by atoms with E-state index in [1.54, 1.807) is 24.2 Å². The minimum absolute atomic E-state index is 0.0767. The molecule has 2 heterocycles. The summed E-state index contributed by atoms with van der Waals surface area (Å²) in [6, 6.07) is 6.77. The highest BCUT2D eigenvalue weighted by molar-refractivity contribution is 5.73. The maximum Gasteiger partial charge on any atom is 0.317 e. The summed E-state index contributed by atoms with van der Waals surface area (Å²) in [5.74, 6) is 1.09. The van der Waals surface area contributed by atoms with E-state index in [1.807, 2.05) is 29.8 Å². The normalized spacial score (nSPS) is 16.7. The number of carbonyl (C=O) groups excluding carboxylic acids is 1. The fraction of sp³-hybridized carbons (Fsp3) is 0.474. The first kappa shape index (κ1) is 18.2. The molecule has 1 aromatic carbocycles. The van der Waals surface area contributed by atoms with Crippen molar-refractivity contribution in [1.29, 1.82) is 0 Å². The highest BCUT2D eigenvalue weighted by Gasteiger charge is 2.25. The van der Waals surface area contributed by atoms with Crippen LogP contribution in [0.15, 0.2) is 36.7 Å². The summed E-state index contributed by atoms with van der Waals surface area (Å²) in [7, 11) is 1.79. The first-order valence-corrected chi connectivity index (χ1v) is 9.01. The van der Waals surface area contributed by atoms with Crippen LogP contribution in [-0.2, 0) is 6.54 Å². The van der Waals surface area contributed by atoms with E-state index in [4.69, 9.17) is 0 Å². The second kappa shape index (κ2) is 8.21. The Morgan fingerprint density at radius 2 is 2.23 bits per heavy atom. The number of aromatic nitrogens is 2. The van der Waals surface area contributed by atoms with Crippen molar-refractivity contribution in [3.8, 4) is 0 Å². The Hall–Kier alpha value is -2.57. The number of anilines is 1. The van der Waals surface area contributed by atoms with Crippen molar-refractivity contribution in [2.75, 3.05) is 38.1 Å². The molecule has 1 N–H and O–H groups in total. The Morgan fingerprint density at radius 1 is 1.42 bits per heavy atom. The van der Waals surface area contributed by atoms with Crippen molar-refractivity contribution in [1.82, 2.24) is 19.8 Å². The number of aryl methyl sites for hydroxylation is 1. The second-order valence-electron chi connectivity index (χ2n) is 6.83. The largest absolute Gasteiger partial charge is 0.369 e. The first-order chi connectivity index (χ1) is 12.5. The number of amides is 2. The van der Waals surface area contributed by atoms with Crippen molar-refractivity contribution in [3.63, 3.8) is 0 Å². The van der Waals surface area contributed by atoms with Gasteiger partial charge in [0.25, 0.3) is 0 Å². The van der Waals surface area contributed by atoms with E-state index in [2.05, 4.69) is 15.2 Å². The Bertz CT molecular complexity index is 747. The van der Waals surface area contributed by atoms with Crippen LogP contribution in [-0.4, -0.2) is 53.7 Å². The van der Waals surface area contributed by atoms with Crippen LogP contribution in [0.3, 0.4) is 0 Å². The van der Waals surface area contributed by atoms with Crippen molar-refractivity contribution >= 4 is 11.7 Å². The maximum absolute atomic E-state index is 13.9. The Labute approximate surface area is 153 Å². The van der Waals surface area contributed by atoms with Gasteiger partial charge in [0.15, 0.2) is 0 Å². The molecule has 7 heteroatoms. The molecule has 1 fully saturated rings. The molecule has 26 heavy (non-hydrogen) atoms. The number of para-hydroxylation sites is 1. The summed E-state index contributed by atoms with van der Waals surface area (Å²) >= 11 is 0. The quantitative estimate of drug-likeness (QED) is 0.862. The van der Waals surface area contributed by atoms with E-state index in [0.717, 1.165) is 31.9 Å². The smallest absolute Gasteiger partial charge is 0.317 e. The number of likely N-dealkylation sites (N-methyl/N-ethyl adjacent to an activating group) is 1. The molecule has 0 spiro atoms. The number of imidazole rings is 1. The van der Waals surface area contributed by atoms with E-state index in [0.29, 0.717) is 24.7 Å².